The van der Waals surface area contributed by atoms with Crippen molar-refractivity contribution in [3.63, 3.8) is 0 Å². The number of ether oxygens (including phenoxy) is 2. The number of carbonyl (C=O) groups is 2. The van der Waals surface area contributed by atoms with Crippen molar-refractivity contribution in [1.29, 1.82) is 0 Å². The highest BCUT2D eigenvalue weighted by atomic mass is 32.2. The molecule has 202 valence electrons. The second-order valence-electron chi connectivity index (χ2n) is 8.55. The van der Waals surface area contributed by atoms with Gasteiger partial charge in [0.05, 0.1) is 4.90 Å². The molecule has 0 aliphatic carbocycles. The molecule has 0 spiro atoms. The van der Waals surface area contributed by atoms with Crippen molar-refractivity contribution in [2.75, 3.05) is 18.7 Å². The Morgan fingerprint density at radius 3 is 2.40 bits per heavy atom. The average molecular weight is 558 g/mol. The predicted molar refractivity (Wildman–Crippen MR) is 147 cm³/mol. The Balaban J connectivity index is 1.41. The Hall–Kier alpha value is -5.23. The monoisotopic (exact) mass is 557 g/mol. The van der Waals surface area contributed by atoms with E-state index >= 15 is 0 Å². The first-order valence-electron chi connectivity index (χ1n) is 11.9. The van der Waals surface area contributed by atoms with E-state index in [0.717, 1.165) is 0 Å². The van der Waals surface area contributed by atoms with Gasteiger partial charge in [-0.1, -0.05) is 48.5 Å². The van der Waals surface area contributed by atoms with Gasteiger partial charge in [-0.2, -0.15) is 0 Å². The molecule has 5 rings (SSSR count). The smallest absolute Gasteiger partial charge is 0.333 e. The van der Waals surface area contributed by atoms with Crippen molar-refractivity contribution >= 4 is 33.7 Å². The van der Waals surface area contributed by atoms with Crippen LogP contribution < -0.4 is 24.4 Å². The van der Waals surface area contributed by atoms with Gasteiger partial charge in [-0.3, -0.25) is 4.79 Å². The van der Waals surface area contributed by atoms with Gasteiger partial charge in [-0.05, 0) is 29.8 Å². The summed E-state index contributed by atoms with van der Waals surface area (Å²) >= 11 is 0. The first kappa shape index (κ1) is 26.4. The lowest BCUT2D eigenvalue weighted by Gasteiger charge is -2.20. The maximum absolute atomic E-state index is 13.5. The normalized spacial score (nSPS) is 12.5. The van der Waals surface area contributed by atoms with Gasteiger partial charge in [-0.15, -0.1) is 0 Å². The molecule has 0 unspecified atom stereocenters. The third-order valence-electron chi connectivity index (χ3n) is 5.91. The van der Waals surface area contributed by atoms with Crippen LogP contribution in [0.25, 0.3) is 17.2 Å². The van der Waals surface area contributed by atoms with Crippen LogP contribution in [0.3, 0.4) is 0 Å². The summed E-state index contributed by atoms with van der Waals surface area (Å²) in [5.74, 6) is 0.428. The lowest BCUT2D eigenvalue weighted by atomic mass is 10.1. The fourth-order valence-corrected chi connectivity index (χ4v) is 5.10. The lowest BCUT2D eigenvalue weighted by Crippen LogP contribution is -2.43. The van der Waals surface area contributed by atoms with Gasteiger partial charge in [0.1, 0.15) is 12.0 Å². The van der Waals surface area contributed by atoms with Crippen LogP contribution in [-0.2, 0) is 14.8 Å². The highest BCUT2D eigenvalue weighted by molar-refractivity contribution is 7.90. The summed E-state index contributed by atoms with van der Waals surface area (Å²) in [4.78, 5) is 35.6. The van der Waals surface area contributed by atoms with E-state index in [4.69, 9.17) is 9.47 Å². The van der Waals surface area contributed by atoms with Gasteiger partial charge in [0.25, 0.3) is 15.9 Å². The van der Waals surface area contributed by atoms with E-state index < -0.39 is 22.0 Å². The van der Waals surface area contributed by atoms with Crippen LogP contribution in [-0.4, -0.2) is 44.2 Å². The molecule has 0 atom stereocenters. The molecule has 3 amide bonds. The summed E-state index contributed by atoms with van der Waals surface area (Å²) < 4.78 is 39.2. The van der Waals surface area contributed by atoms with Gasteiger partial charge in [0, 0.05) is 42.3 Å². The Labute approximate surface area is 230 Å². The van der Waals surface area contributed by atoms with Crippen molar-refractivity contribution < 1.29 is 27.5 Å². The highest BCUT2D eigenvalue weighted by Crippen LogP contribution is 2.35. The molecule has 1 aliphatic heterocycles. The number of hydrogen-bond donors (Lipinski definition) is 2. The quantitative estimate of drug-likeness (QED) is 0.329. The van der Waals surface area contributed by atoms with Crippen LogP contribution in [0.2, 0.25) is 0 Å². The van der Waals surface area contributed by atoms with E-state index in [1.807, 2.05) is 4.72 Å². The number of sulfonamides is 1. The number of anilines is 1. The summed E-state index contributed by atoms with van der Waals surface area (Å²) in [6, 6.07) is 18.8. The molecule has 0 saturated carbocycles. The Bertz CT molecular complexity index is 1700. The van der Waals surface area contributed by atoms with Crippen molar-refractivity contribution in [3.8, 4) is 22.6 Å². The number of hydrogen-bond acceptors (Lipinski definition) is 8. The molecule has 3 aromatic carbocycles. The number of aromatic nitrogens is 2. The second-order valence-corrected chi connectivity index (χ2v) is 10.2. The number of amides is 3. The zero-order valence-corrected chi connectivity index (χ0v) is 22.0. The summed E-state index contributed by atoms with van der Waals surface area (Å²) in [7, 11) is -2.84. The Morgan fingerprint density at radius 2 is 1.62 bits per heavy atom. The first-order chi connectivity index (χ1) is 19.3. The fourth-order valence-electron chi connectivity index (χ4n) is 3.96. The average Bonchev–Trinajstić information content (AvgIpc) is 3.45. The van der Waals surface area contributed by atoms with Crippen molar-refractivity contribution in [2.45, 2.75) is 4.90 Å². The molecule has 11 nitrogen and oxygen atoms in total. The molecular formula is C28H23N5O6S. The third kappa shape index (κ3) is 5.76. The fraction of sp³-hybridized carbons (Fsp3) is 0.0714. The molecule has 0 saturated heterocycles. The molecule has 12 heteroatoms. The van der Waals surface area contributed by atoms with Crippen molar-refractivity contribution in [3.05, 3.63) is 103 Å². The minimum absolute atomic E-state index is 0.0756. The van der Waals surface area contributed by atoms with Crippen molar-refractivity contribution in [1.82, 2.24) is 20.0 Å². The number of nitrogens with zero attached hydrogens (tertiary/aromatic N) is 3. The Kier molecular flexibility index (Phi) is 7.42. The number of benzene rings is 3. The van der Waals surface area contributed by atoms with Gasteiger partial charge < -0.3 is 19.7 Å². The van der Waals surface area contributed by atoms with Crippen LogP contribution >= 0.6 is 0 Å². The van der Waals surface area contributed by atoms with E-state index in [-0.39, 0.29) is 17.4 Å². The number of fused-ring (bicyclic) bond motifs is 1. The minimum Gasteiger partial charge on any atom is -0.454 e. The molecule has 0 radical (unpaired) electrons. The molecule has 4 aromatic rings. The first-order valence-corrected chi connectivity index (χ1v) is 13.4. The topological polar surface area (TPSA) is 140 Å². The zero-order valence-electron chi connectivity index (χ0n) is 21.1. The van der Waals surface area contributed by atoms with E-state index in [2.05, 4.69) is 15.3 Å². The summed E-state index contributed by atoms with van der Waals surface area (Å²) in [6.07, 6.45) is 5.71. The molecular weight excluding hydrogens is 534 g/mol. The van der Waals surface area contributed by atoms with Crippen LogP contribution in [0.5, 0.6) is 11.5 Å². The lowest BCUT2D eigenvalue weighted by molar-refractivity contribution is -0.115. The third-order valence-corrected chi connectivity index (χ3v) is 7.30. The zero-order chi connectivity index (χ0) is 28.1. The summed E-state index contributed by atoms with van der Waals surface area (Å²) in [5, 5.41) is 2.41. The number of urea groups is 1. The molecule has 1 aliphatic rings. The van der Waals surface area contributed by atoms with Crippen LogP contribution in [0.4, 0.5) is 10.5 Å². The number of carbonyl (C=O) groups excluding carboxylic acids is 2. The van der Waals surface area contributed by atoms with E-state index in [9.17, 15) is 18.0 Å². The summed E-state index contributed by atoms with van der Waals surface area (Å²) in [5.41, 5.74) is 1.68. The predicted octanol–water partition coefficient (Wildman–Crippen LogP) is 3.56. The molecule has 1 aromatic heterocycles. The molecule has 0 fully saturated rings. The van der Waals surface area contributed by atoms with E-state index in [1.165, 1.54) is 48.9 Å². The highest BCUT2D eigenvalue weighted by Gasteiger charge is 2.25. The molecule has 2 N–H and O–H groups in total. The maximum atomic E-state index is 13.5. The van der Waals surface area contributed by atoms with Gasteiger partial charge >= 0.3 is 6.03 Å². The molecule has 40 heavy (non-hydrogen) atoms. The summed E-state index contributed by atoms with van der Waals surface area (Å²) in [6.45, 7) is 0.0756. The maximum Gasteiger partial charge on any atom is 0.333 e. The number of likely N-dealkylation sites (N-methyl/N-ethyl adjacent to an activating group) is 1. The standard InChI is InChI=1S/C28H23N5O6S/c1-33(21-11-12-24-25(14-21)39-18-38-24)27(34)23(13-19-7-3-2-4-8-19)31-28(35)32-40(36,37)26-10-6-5-9-22(26)20-15-29-17-30-16-20/h2-17H,18H2,1H3,(H2,31,32,35)/b23-13-. The van der Waals surface area contributed by atoms with Gasteiger partial charge in [0.2, 0.25) is 6.79 Å². The molecule has 2 heterocycles. The largest absolute Gasteiger partial charge is 0.454 e. The van der Waals surface area contributed by atoms with Gasteiger partial charge in [0.15, 0.2) is 11.5 Å². The SMILES string of the molecule is CN(C(=O)/C(=C/c1ccccc1)NC(=O)NS(=O)(=O)c1ccccc1-c1cncnc1)c1ccc2c(c1)OCO2. The van der Waals surface area contributed by atoms with Crippen LogP contribution in [0, 0.1) is 0 Å². The number of rotatable bonds is 7. The second kappa shape index (κ2) is 11.3. The van der Waals surface area contributed by atoms with E-state index in [0.29, 0.717) is 33.9 Å². The molecule has 0 bridgehead atoms. The van der Waals surface area contributed by atoms with Crippen molar-refractivity contribution in [2.24, 2.45) is 0 Å². The van der Waals surface area contributed by atoms with Crippen LogP contribution in [0.1, 0.15) is 5.56 Å². The van der Waals surface area contributed by atoms with Gasteiger partial charge in [-0.25, -0.2) is 27.9 Å². The minimum atomic E-state index is -4.36. The number of nitrogens with one attached hydrogen (secondary N) is 2. The van der Waals surface area contributed by atoms with Crippen LogP contribution in [0.15, 0.2) is 102 Å². The van der Waals surface area contributed by atoms with E-state index in [1.54, 1.807) is 60.7 Å². The Morgan fingerprint density at radius 1 is 0.925 bits per heavy atom.